The van der Waals surface area contributed by atoms with Gasteiger partial charge in [0.25, 0.3) is 0 Å². The second-order valence-electron chi connectivity index (χ2n) is 5.68. The van der Waals surface area contributed by atoms with Gasteiger partial charge in [-0.25, -0.2) is 0 Å². The average molecular weight is 288 g/mol. The molecule has 0 saturated carbocycles. The fraction of sp³-hybridized carbons (Fsp3) is 0.562. The Morgan fingerprint density at radius 3 is 2.95 bits per heavy atom. The SMILES string of the molecule is O=C(Nc1[c]cc(CN2CCOCC2)cc1)C1CCNC1. The summed E-state index contributed by atoms with van der Waals surface area (Å²) in [6.07, 6.45) is 0.918. The fourth-order valence-corrected chi connectivity index (χ4v) is 2.76. The van der Waals surface area contributed by atoms with E-state index in [2.05, 4.69) is 27.7 Å². The van der Waals surface area contributed by atoms with E-state index < -0.39 is 0 Å². The first-order valence-electron chi connectivity index (χ1n) is 7.63. The van der Waals surface area contributed by atoms with E-state index in [1.807, 2.05) is 12.1 Å². The number of rotatable bonds is 4. The maximum absolute atomic E-state index is 12.0. The highest BCUT2D eigenvalue weighted by Gasteiger charge is 2.22. The van der Waals surface area contributed by atoms with Gasteiger partial charge in [-0.2, -0.15) is 0 Å². The summed E-state index contributed by atoms with van der Waals surface area (Å²) in [6, 6.07) is 9.15. The summed E-state index contributed by atoms with van der Waals surface area (Å²) in [7, 11) is 0. The Morgan fingerprint density at radius 1 is 1.43 bits per heavy atom. The lowest BCUT2D eigenvalue weighted by atomic mass is 10.1. The Morgan fingerprint density at radius 2 is 2.29 bits per heavy atom. The molecule has 21 heavy (non-hydrogen) atoms. The lowest BCUT2D eigenvalue weighted by Crippen LogP contribution is -2.35. The summed E-state index contributed by atoms with van der Waals surface area (Å²) in [5.41, 5.74) is 1.98. The van der Waals surface area contributed by atoms with E-state index in [9.17, 15) is 4.79 Å². The summed E-state index contributed by atoms with van der Waals surface area (Å²) < 4.78 is 5.35. The van der Waals surface area contributed by atoms with Crippen LogP contribution in [-0.2, 0) is 16.1 Å². The van der Waals surface area contributed by atoms with Crippen LogP contribution in [0.4, 0.5) is 5.69 Å². The molecule has 5 heteroatoms. The second-order valence-corrected chi connectivity index (χ2v) is 5.68. The van der Waals surface area contributed by atoms with E-state index in [0.717, 1.165) is 58.0 Å². The van der Waals surface area contributed by atoms with Crippen molar-refractivity contribution in [3.8, 4) is 0 Å². The van der Waals surface area contributed by atoms with Crippen molar-refractivity contribution in [3.05, 3.63) is 29.8 Å². The molecule has 1 aromatic rings. The van der Waals surface area contributed by atoms with Crippen molar-refractivity contribution in [2.24, 2.45) is 5.92 Å². The van der Waals surface area contributed by atoms with Crippen LogP contribution in [0.1, 0.15) is 12.0 Å². The maximum Gasteiger partial charge on any atom is 0.228 e. The number of amides is 1. The van der Waals surface area contributed by atoms with E-state index in [0.29, 0.717) is 0 Å². The van der Waals surface area contributed by atoms with Gasteiger partial charge in [0.15, 0.2) is 0 Å². The number of ether oxygens (including phenoxy) is 1. The number of carbonyl (C=O) groups is 1. The molecule has 0 aliphatic carbocycles. The highest BCUT2D eigenvalue weighted by Crippen LogP contribution is 2.15. The van der Waals surface area contributed by atoms with Gasteiger partial charge in [-0.3, -0.25) is 9.69 Å². The molecule has 2 heterocycles. The van der Waals surface area contributed by atoms with Gasteiger partial charge in [-0.05, 0) is 30.7 Å². The van der Waals surface area contributed by atoms with Crippen molar-refractivity contribution in [2.75, 3.05) is 44.7 Å². The van der Waals surface area contributed by atoms with Gasteiger partial charge in [-0.1, -0.05) is 6.07 Å². The predicted octanol–water partition coefficient (Wildman–Crippen LogP) is 0.867. The van der Waals surface area contributed by atoms with Gasteiger partial charge >= 0.3 is 0 Å². The standard InChI is InChI=1S/C16H22N3O2/c20-16(14-5-6-17-11-14)18-15-3-1-13(2-4-15)12-19-7-9-21-10-8-19/h1-3,14,17H,5-12H2,(H,18,20). The molecular formula is C16H22N3O2. The highest BCUT2D eigenvalue weighted by atomic mass is 16.5. The Balaban J connectivity index is 1.52. The molecule has 3 rings (SSSR count). The summed E-state index contributed by atoms with van der Waals surface area (Å²) in [5.74, 6) is 0.184. The minimum absolute atomic E-state index is 0.0893. The number of nitrogens with one attached hydrogen (secondary N) is 2. The van der Waals surface area contributed by atoms with Gasteiger partial charge < -0.3 is 15.4 Å². The third-order valence-corrected chi connectivity index (χ3v) is 4.08. The van der Waals surface area contributed by atoms with Gasteiger partial charge in [0.2, 0.25) is 5.91 Å². The molecule has 0 bridgehead atoms. The van der Waals surface area contributed by atoms with Gasteiger partial charge in [0.05, 0.1) is 19.1 Å². The molecule has 0 spiro atoms. The normalized spacial score (nSPS) is 23.1. The second kappa shape index (κ2) is 7.02. The largest absolute Gasteiger partial charge is 0.379 e. The van der Waals surface area contributed by atoms with Gasteiger partial charge in [0, 0.05) is 37.9 Å². The van der Waals surface area contributed by atoms with Crippen LogP contribution in [0.5, 0.6) is 0 Å². The van der Waals surface area contributed by atoms with E-state index in [1.165, 1.54) is 5.56 Å². The van der Waals surface area contributed by atoms with E-state index in [-0.39, 0.29) is 11.8 Å². The lowest BCUT2D eigenvalue weighted by molar-refractivity contribution is -0.119. The Bertz CT molecular complexity index is 463. The number of morpholine rings is 1. The Hall–Kier alpha value is -1.43. The molecule has 0 aromatic heterocycles. The molecule has 1 atom stereocenters. The highest BCUT2D eigenvalue weighted by molar-refractivity contribution is 5.92. The summed E-state index contributed by atoms with van der Waals surface area (Å²) in [4.78, 5) is 14.4. The van der Waals surface area contributed by atoms with Crippen LogP contribution in [0.15, 0.2) is 18.2 Å². The van der Waals surface area contributed by atoms with Crippen molar-refractivity contribution in [1.29, 1.82) is 0 Å². The predicted molar refractivity (Wildman–Crippen MR) is 81.0 cm³/mol. The zero-order valence-corrected chi connectivity index (χ0v) is 12.2. The molecule has 1 radical (unpaired) electrons. The van der Waals surface area contributed by atoms with Crippen molar-refractivity contribution < 1.29 is 9.53 Å². The smallest absolute Gasteiger partial charge is 0.228 e. The third-order valence-electron chi connectivity index (χ3n) is 4.08. The van der Waals surface area contributed by atoms with Crippen LogP contribution < -0.4 is 10.6 Å². The van der Waals surface area contributed by atoms with E-state index in [4.69, 9.17) is 4.74 Å². The molecule has 113 valence electrons. The molecule has 2 N–H and O–H groups in total. The lowest BCUT2D eigenvalue weighted by Gasteiger charge is -2.26. The summed E-state index contributed by atoms with van der Waals surface area (Å²) >= 11 is 0. The Labute approximate surface area is 125 Å². The number of hydrogen-bond acceptors (Lipinski definition) is 4. The van der Waals surface area contributed by atoms with Crippen molar-refractivity contribution in [3.63, 3.8) is 0 Å². The van der Waals surface area contributed by atoms with Crippen LogP contribution >= 0.6 is 0 Å². The van der Waals surface area contributed by atoms with Crippen molar-refractivity contribution >= 4 is 11.6 Å². The molecule has 1 unspecified atom stereocenters. The molecule has 1 aromatic carbocycles. The van der Waals surface area contributed by atoms with Crippen LogP contribution in [0.2, 0.25) is 0 Å². The molecule has 1 amide bonds. The van der Waals surface area contributed by atoms with Gasteiger partial charge in [-0.15, -0.1) is 0 Å². The fourth-order valence-electron chi connectivity index (χ4n) is 2.76. The third kappa shape index (κ3) is 4.03. The van der Waals surface area contributed by atoms with Crippen molar-refractivity contribution in [1.82, 2.24) is 10.2 Å². The number of nitrogens with zero attached hydrogens (tertiary/aromatic N) is 1. The first-order chi connectivity index (χ1) is 10.3. The molecular weight excluding hydrogens is 266 g/mol. The maximum atomic E-state index is 12.0. The van der Waals surface area contributed by atoms with Crippen LogP contribution in [-0.4, -0.2) is 50.2 Å². The summed E-state index contributed by atoms with van der Waals surface area (Å²) in [6.45, 7) is 6.21. The zero-order chi connectivity index (χ0) is 14.5. The number of benzene rings is 1. The zero-order valence-electron chi connectivity index (χ0n) is 12.2. The van der Waals surface area contributed by atoms with Crippen LogP contribution in [0.25, 0.3) is 0 Å². The summed E-state index contributed by atoms with van der Waals surface area (Å²) in [5, 5.41) is 6.15. The molecule has 2 aliphatic rings. The number of hydrogen-bond donors (Lipinski definition) is 2. The first-order valence-corrected chi connectivity index (χ1v) is 7.63. The van der Waals surface area contributed by atoms with Crippen LogP contribution in [0, 0.1) is 12.0 Å². The monoisotopic (exact) mass is 288 g/mol. The van der Waals surface area contributed by atoms with Crippen LogP contribution in [0.3, 0.4) is 0 Å². The van der Waals surface area contributed by atoms with E-state index in [1.54, 1.807) is 0 Å². The number of anilines is 1. The van der Waals surface area contributed by atoms with Crippen molar-refractivity contribution in [2.45, 2.75) is 13.0 Å². The topological polar surface area (TPSA) is 53.6 Å². The van der Waals surface area contributed by atoms with E-state index >= 15 is 0 Å². The average Bonchev–Trinajstić information content (AvgIpc) is 3.05. The molecule has 2 fully saturated rings. The number of carbonyl (C=O) groups excluding carboxylic acids is 1. The first kappa shape index (κ1) is 14.5. The molecule has 2 aliphatic heterocycles. The Kier molecular flexibility index (Phi) is 4.85. The minimum Gasteiger partial charge on any atom is -0.379 e. The molecule has 2 saturated heterocycles. The van der Waals surface area contributed by atoms with Gasteiger partial charge in [0.1, 0.15) is 0 Å². The molecule has 5 nitrogen and oxygen atoms in total. The quantitative estimate of drug-likeness (QED) is 0.863. The minimum atomic E-state index is 0.0893.